The molecule has 0 radical (unpaired) electrons. The van der Waals surface area contributed by atoms with Crippen molar-refractivity contribution in [2.75, 3.05) is 17.3 Å². The van der Waals surface area contributed by atoms with Crippen LogP contribution in [0.5, 0.6) is 5.75 Å². The fourth-order valence-corrected chi connectivity index (χ4v) is 2.58. The van der Waals surface area contributed by atoms with Crippen LogP contribution in [0.1, 0.15) is 19.4 Å². The van der Waals surface area contributed by atoms with Crippen LogP contribution < -0.4 is 15.0 Å². The number of hydrogen-bond donors (Lipinski definition) is 1. The van der Waals surface area contributed by atoms with Gasteiger partial charge < -0.3 is 15.0 Å². The largest absolute Gasteiger partial charge is 0.491 e. The average molecular weight is 348 g/mol. The summed E-state index contributed by atoms with van der Waals surface area (Å²) < 4.78 is 5.66. The van der Waals surface area contributed by atoms with Crippen LogP contribution in [0.4, 0.5) is 17.5 Å². The van der Waals surface area contributed by atoms with Crippen molar-refractivity contribution >= 4 is 17.5 Å². The number of nitrogens with zero attached hydrogens (tertiary/aromatic N) is 3. The zero-order chi connectivity index (χ0) is 18.4. The highest BCUT2D eigenvalue weighted by Gasteiger charge is 2.06. The van der Waals surface area contributed by atoms with Crippen LogP contribution in [-0.4, -0.2) is 23.1 Å². The predicted octanol–water partition coefficient (Wildman–Crippen LogP) is 4.64. The lowest BCUT2D eigenvalue weighted by Gasteiger charge is -2.18. The van der Waals surface area contributed by atoms with Gasteiger partial charge in [-0.3, -0.25) is 0 Å². The molecule has 0 aliphatic rings. The third-order valence-corrected chi connectivity index (χ3v) is 3.78. The first kappa shape index (κ1) is 17.7. The summed E-state index contributed by atoms with van der Waals surface area (Å²) in [5.74, 6) is 2.29. The lowest BCUT2D eigenvalue weighted by atomic mass is 10.2. The quantitative estimate of drug-likeness (QED) is 0.674. The smallest absolute Gasteiger partial charge is 0.229 e. The van der Waals surface area contributed by atoms with Crippen LogP contribution in [-0.2, 0) is 6.54 Å². The van der Waals surface area contributed by atoms with Gasteiger partial charge in [0.2, 0.25) is 5.95 Å². The van der Waals surface area contributed by atoms with E-state index in [9.17, 15) is 0 Å². The SMILES string of the molecule is CC(C)Oc1ccc(Nc2nccc(N(C)Cc3ccccc3)n2)cc1. The van der Waals surface area contributed by atoms with Gasteiger partial charge in [-0.1, -0.05) is 30.3 Å². The zero-order valence-electron chi connectivity index (χ0n) is 15.4. The number of anilines is 3. The summed E-state index contributed by atoms with van der Waals surface area (Å²) in [4.78, 5) is 11.0. The molecule has 0 spiro atoms. The van der Waals surface area contributed by atoms with Gasteiger partial charge in [0, 0.05) is 25.5 Å². The van der Waals surface area contributed by atoms with Crippen LogP contribution in [0.2, 0.25) is 0 Å². The molecule has 1 heterocycles. The van der Waals surface area contributed by atoms with E-state index in [1.807, 2.05) is 69.4 Å². The maximum atomic E-state index is 5.66. The molecule has 0 saturated carbocycles. The Bertz CT molecular complexity index is 819. The van der Waals surface area contributed by atoms with Gasteiger partial charge >= 0.3 is 0 Å². The summed E-state index contributed by atoms with van der Waals surface area (Å²) in [6.07, 6.45) is 1.93. The van der Waals surface area contributed by atoms with Gasteiger partial charge in [0.1, 0.15) is 11.6 Å². The highest BCUT2D eigenvalue weighted by molar-refractivity contribution is 5.56. The fraction of sp³-hybridized carbons (Fsp3) is 0.238. The Morgan fingerprint density at radius 2 is 1.73 bits per heavy atom. The van der Waals surface area contributed by atoms with Gasteiger partial charge in [-0.25, -0.2) is 4.98 Å². The first-order chi connectivity index (χ1) is 12.6. The average Bonchev–Trinajstić information content (AvgIpc) is 2.64. The number of rotatable bonds is 7. The first-order valence-corrected chi connectivity index (χ1v) is 8.72. The van der Waals surface area contributed by atoms with E-state index in [0.717, 1.165) is 23.8 Å². The lowest BCUT2D eigenvalue weighted by Crippen LogP contribution is -2.18. The third-order valence-electron chi connectivity index (χ3n) is 3.78. The predicted molar refractivity (Wildman–Crippen MR) is 106 cm³/mol. The number of ether oxygens (including phenoxy) is 1. The second-order valence-corrected chi connectivity index (χ2v) is 6.40. The Morgan fingerprint density at radius 1 is 1.00 bits per heavy atom. The van der Waals surface area contributed by atoms with Gasteiger partial charge in [0.05, 0.1) is 6.10 Å². The van der Waals surface area contributed by atoms with Crippen LogP contribution in [0.25, 0.3) is 0 Å². The molecule has 5 nitrogen and oxygen atoms in total. The van der Waals surface area contributed by atoms with Crippen molar-refractivity contribution < 1.29 is 4.74 Å². The zero-order valence-corrected chi connectivity index (χ0v) is 15.4. The summed E-state index contributed by atoms with van der Waals surface area (Å²) in [5.41, 5.74) is 2.16. The van der Waals surface area contributed by atoms with Crippen molar-refractivity contribution in [1.29, 1.82) is 0 Å². The summed E-state index contributed by atoms with van der Waals surface area (Å²) >= 11 is 0. The Labute approximate surface area is 154 Å². The normalized spacial score (nSPS) is 10.6. The molecule has 3 rings (SSSR count). The van der Waals surface area contributed by atoms with E-state index in [4.69, 9.17) is 4.74 Å². The minimum atomic E-state index is 0.161. The Kier molecular flexibility index (Phi) is 5.69. The molecular formula is C21H24N4O. The van der Waals surface area contributed by atoms with Crippen molar-refractivity contribution in [2.24, 2.45) is 0 Å². The van der Waals surface area contributed by atoms with Gasteiger partial charge in [-0.2, -0.15) is 4.98 Å². The molecule has 0 unspecified atom stereocenters. The number of aromatic nitrogens is 2. The van der Waals surface area contributed by atoms with Crippen molar-refractivity contribution in [2.45, 2.75) is 26.5 Å². The van der Waals surface area contributed by atoms with Crippen molar-refractivity contribution in [3.05, 3.63) is 72.4 Å². The Morgan fingerprint density at radius 3 is 2.42 bits per heavy atom. The molecule has 0 fully saturated rings. The molecule has 3 aromatic rings. The molecule has 5 heteroatoms. The standard InChI is InChI=1S/C21H24N4O/c1-16(2)26-19-11-9-18(10-12-19)23-21-22-14-13-20(24-21)25(3)15-17-7-5-4-6-8-17/h4-14,16H,15H2,1-3H3,(H,22,23,24). The molecule has 1 aromatic heterocycles. The molecular weight excluding hydrogens is 324 g/mol. The molecule has 0 amide bonds. The van der Waals surface area contributed by atoms with Gasteiger partial charge in [0.15, 0.2) is 0 Å². The molecule has 0 saturated heterocycles. The van der Waals surface area contributed by atoms with Crippen LogP contribution >= 0.6 is 0 Å². The van der Waals surface area contributed by atoms with Crippen LogP contribution in [0.15, 0.2) is 66.9 Å². The molecule has 0 bridgehead atoms. The minimum absolute atomic E-state index is 0.161. The molecule has 2 aromatic carbocycles. The van der Waals surface area contributed by atoms with E-state index >= 15 is 0 Å². The van der Waals surface area contributed by atoms with Crippen molar-refractivity contribution in [1.82, 2.24) is 9.97 Å². The van der Waals surface area contributed by atoms with Crippen molar-refractivity contribution in [3.8, 4) is 5.75 Å². The number of hydrogen-bond acceptors (Lipinski definition) is 5. The van der Waals surface area contributed by atoms with E-state index in [1.165, 1.54) is 5.56 Å². The Hall–Kier alpha value is -3.08. The van der Waals surface area contributed by atoms with E-state index < -0.39 is 0 Å². The second kappa shape index (κ2) is 8.34. The summed E-state index contributed by atoms with van der Waals surface area (Å²) in [7, 11) is 2.02. The third kappa shape index (κ3) is 4.96. The van der Waals surface area contributed by atoms with Gasteiger partial charge in [-0.05, 0) is 49.7 Å². The van der Waals surface area contributed by atoms with Crippen LogP contribution in [0, 0.1) is 0 Å². The highest BCUT2D eigenvalue weighted by atomic mass is 16.5. The molecule has 134 valence electrons. The van der Waals surface area contributed by atoms with Gasteiger partial charge in [0.25, 0.3) is 0 Å². The number of nitrogens with one attached hydrogen (secondary N) is 1. The molecule has 0 atom stereocenters. The molecule has 0 aliphatic heterocycles. The maximum Gasteiger partial charge on any atom is 0.229 e. The maximum absolute atomic E-state index is 5.66. The monoisotopic (exact) mass is 348 g/mol. The highest BCUT2D eigenvalue weighted by Crippen LogP contribution is 2.20. The van der Waals surface area contributed by atoms with E-state index in [-0.39, 0.29) is 6.10 Å². The number of benzene rings is 2. The topological polar surface area (TPSA) is 50.3 Å². The lowest BCUT2D eigenvalue weighted by molar-refractivity contribution is 0.242. The van der Waals surface area contributed by atoms with Crippen molar-refractivity contribution in [3.63, 3.8) is 0 Å². The molecule has 0 aliphatic carbocycles. The minimum Gasteiger partial charge on any atom is -0.491 e. The molecule has 1 N–H and O–H groups in total. The fourth-order valence-electron chi connectivity index (χ4n) is 2.58. The Balaban J connectivity index is 1.67. The van der Waals surface area contributed by atoms with Crippen LogP contribution in [0.3, 0.4) is 0 Å². The first-order valence-electron chi connectivity index (χ1n) is 8.72. The van der Waals surface area contributed by atoms with Gasteiger partial charge in [-0.15, -0.1) is 0 Å². The van der Waals surface area contributed by atoms with E-state index in [2.05, 4.69) is 32.3 Å². The van der Waals surface area contributed by atoms with E-state index in [1.54, 1.807) is 6.20 Å². The molecule has 26 heavy (non-hydrogen) atoms. The summed E-state index contributed by atoms with van der Waals surface area (Å²) in [6, 6.07) is 20.0. The van der Waals surface area contributed by atoms with E-state index in [0.29, 0.717) is 5.95 Å². The second-order valence-electron chi connectivity index (χ2n) is 6.40. The summed E-state index contributed by atoms with van der Waals surface area (Å²) in [5, 5.41) is 3.24. The summed E-state index contributed by atoms with van der Waals surface area (Å²) in [6.45, 7) is 4.81.